The zero-order valence-electron chi connectivity index (χ0n) is 11.6. The molecule has 0 amide bonds. The van der Waals surface area contributed by atoms with E-state index in [0.717, 1.165) is 31.7 Å². The molecule has 0 aliphatic carbocycles. The van der Waals surface area contributed by atoms with Gasteiger partial charge in [0.05, 0.1) is 5.69 Å². The molecule has 1 fully saturated rings. The summed E-state index contributed by atoms with van der Waals surface area (Å²) >= 11 is 0. The zero-order valence-corrected chi connectivity index (χ0v) is 11.6. The van der Waals surface area contributed by atoms with Crippen LogP contribution in [0.3, 0.4) is 0 Å². The molecular weight excluding hydrogens is 278 g/mol. The third kappa shape index (κ3) is 2.65. The number of hydrogen-bond donors (Lipinski definition) is 1. The van der Waals surface area contributed by atoms with Crippen molar-refractivity contribution in [2.24, 2.45) is 0 Å². The van der Waals surface area contributed by atoms with Crippen molar-refractivity contribution in [1.82, 2.24) is 19.7 Å². The van der Waals surface area contributed by atoms with E-state index in [2.05, 4.69) is 20.0 Å². The van der Waals surface area contributed by atoms with Crippen molar-refractivity contribution in [2.45, 2.75) is 26.3 Å². The lowest BCUT2D eigenvalue weighted by molar-refractivity contribution is 0.0546. The van der Waals surface area contributed by atoms with Gasteiger partial charge in [-0.05, 0) is 25.8 Å². The summed E-state index contributed by atoms with van der Waals surface area (Å²) in [6.45, 7) is 0.742. The van der Waals surface area contributed by atoms with E-state index >= 15 is 0 Å². The molecule has 0 unspecified atom stereocenters. The van der Waals surface area contributed by atoms with Crippen LogP contribution in [-0.4, -0.2) is 32.8 Å². The fourth-order valence-electron chi connectivity index (χ4n) is 2.50. The highest BCUT2D eigenvalue weighted by molar-refractivity contribution is 5.61. The predicted molar refractivity (Wildman–Crippen MR) is 75.1 cm³/mol. The average Bonchev–Trinajstić information content (AvgIpc) is 3.06. The molecule has 112 valence electrons. The first kappa shape index (κ1) is 13.7. The topological polar surface area (TPSA) is 72.9 Å². The standard InChI is InChI=1S/C13H16F2N6/c1-8-6-10(19-21(8)12(14)15)9-7-11(18-13(16)17-9)20-4-2-3-5-20/h6-7,12H,2-5H2,1H3,(H2,16,17,18). The van der Waals surface area contributed by atoms with Crippen molar-refractivity contribution in [2.75, 3.05) is 23.7 Å². The molecule has 2 aromatic heterocycles. The van der Waals surface area contributed by atoms with Crippen molar-refractivity contribution in [3.63, 3.8) is 0 Å². The van der Waals surface area contributed by atoms with Gasteiger partial charge in [-0.25, -0.2) is 9.67 Å². The number of alkyl halides is 2. The van der Waals surface area contributed by atoms with Gasteiger partial charge in [0.15, 0.2) is 0 Å². The van der Waals surface area contributed by atoms with Crippen LogP contribution in [0.1, 0.15) is 25.1 Å². The molecule has 0 bridgehead atoms. The van der Waals surface area contributed by atoms with Crippen LogP contribution in [-0.2, 0) is 0 Å². The van der Waals surface area contributed by atoms with Crippen molar-refractivity contribution >= 4 is 11.8 Å². The van der Waals surface area contributed by atoms with Crippen molar-refractivity contribution in [3.8, 4) is 11.4 Å². The molecule has 3 rings (SSSR count). The molecule has 3 heterocycles. The number of halogens is 2. The molecule has 6 nitrogen and oxygen atoms in total. The molecular formula is C13H16F2N6. The minimum Gasteiger partial charge on any atom is -0.368 e. The summed E-state index contributed by atoms with van der Waals surface area (Å²) in [6, 6.07) is 3.32. The van der Waals surface area contributed by atoms with E-state index in [4.69, 9.17) is 5.73 Å². The zero-order chi connectivity index (χ0) is 15.0. The van der Waals surface area contributed by atoms with E-state index < -0.39 is 6.55 Å². The third-order valence-corrected chi connectivity index (χ3v) is 3.53. The molecule has 1 aliphatic heterocycles. The summed E-state index contributed by atoms with van der Waals surface area (Å²) in [4.78, 5) is 10.4. The first-order chi connectivity index (χ1) is 10.0. The Hall–Kier alpha value is -2.25. The lowest BCUT2D eigenvalue weighted by atomic mass is 10.2. The SMILES string of the molecule is Cc1cc(-c2cc(N3CCCC3)nc(N)n2)nn1C(F)F. The van der Waals surface area contributed by atoms with Gasteiger partial charge in [0.25, 0.3) is 0 Å². The highest BCUT2D eigenvalue weighted by Crippen LogP contribution is 2.26. The average molecular weight is 294 g/mol. The largest absolute Gasteiger partial charge is 0.368 e. The Kier molecular flexibility index (Phi) is 3.44. The van der Waals surface area contributed by atoms with Crippen molar-refractivity contribution in [3.05, 3.63) is 17.8 Å². The minimum absolute atomic E-state index is 0.124. The minimum atomic E-state index is -2.67. The van der Waals surface area contributed by atoms with Gasteiger partial charge in [0.1, 0.15) is 11.5 Å². The van der Waals surface area contributed by atoms with E-state index in [-0.39, 0.29) is 5.95 Å². The molecule has 0 aromatic carbocycles. The van der Waals surface area contributed by atoms with Crippen LogP contribution in [0.4, 0.5) is 20.5 Å². The van der Waals surface area contributed by atoms with Gasteiger partial charge >= 0.3 is 6.55 Å². The number of aromatic nitrogens is 4. The van der Waals surface area contributed by atoms with Crippen LogP contribution in [0, 0.1) is 6.92 Å². The van der Waals surface area contributed by atoms with Crippen LogP contribution in [0.25, 0.3) is 11.4 Å². The van der Waals surface area contributed by atoms with Gasteiger partial charge in [-0.3, -0.25) is 0 Å². The summed E-state index contributed by atoms with van der Waals surface area (Å²) in [5.41, 5.74) is 6.95. The lowest BCUT2D eigenvalue weighted by Gasteiger charge is -2.16. The summed E-state index contributed by atoms with van der Waals surface area (Å²) in [6.07, 6.45) is 2.22. The maximum absolute atomic E-state index is 12.8. The van der Waals surface area contributed by atoms with Gasteiger partial charge in [-0.1, -0.05) is 0 Å². The van der Waals surface area contributed by atoms with Gasteiger partial charge in [0, 0.05) is 24.8 Å². The number of anilines is 2. The second-order valence-electron chi connectivity index (χ2n) is 5.06. The van der Waals surface area contributed by atoms with Crippen LogP contribution in [0.15, 0.2) is 12.1 Å². The quantitative estimate of drug-likeness (QED) is 0.939. The Labute approximate surface area is 120 Å². The lowest BCUT2D eigenvalue weighted by Crippen LogP contribution is -2.19. The van der Waals surface area contributed by atoms with Crippen molar-refractivity contribution in [1.29, 1.82) is 0 Å². The molecule has 1 saturated heterocycles. The van der Waals surface area contributed by atoms with E-state index in [1.807, 2.05) is 0 Å². The molecule has 1 aliphatic rings. The van der Waals surface area contributed by atoms with Gasteiger partial charge < -0.3 is 10.6 Å². The van der Waals surface area contributed by atoms with Gasteiger partial charge in [0.2, 0.25) is 5.95 Å². The maximum atomic E-state index is 12.8. The summed E-state index contributed by atoms with van der Waals surface area (Å²) in [5, 5.41) is 3.89. The number of nitrogens with two attached hydrogens (primary N) is 1. The Morgan fingerprint density at radius 3 is 2.48 bits per heavy atom. The number of nitrogens with zero attached hydrogens (tertiary/aromatic N) is 5. The van der Waals surface area contributed by atoms with Crippen LogP contribution in [0.2, 0.25) is 0 Å². The van der Waals surface area contributed by atoms with Crippen LogP contribution >= 0.6 is 0 Å². The van der Waals surface area contributed by atoms with E-state index in [1.54, 1.807) is 19.1 Å². The second kappa shape index (κ2) is 5.27. The van der Waals surface area contributed by atoms with Gasteiger partial charge in [-0.2, -0.15) is 18.9 Å². The fraction of sp³-hybridized carbons (Fsp3) is 0.462. The molecule has 0 radical (unpaired) electrons. The molecule has 0 spiro atoms. The normalized spacial score (nSPS) is 15.1. The van der Waals surface area contributed by atoms with Crippen LogP contribution < -0.4 is 10.6 Å². The summed E-state index contributed by atoms with van der Waals surface area (Å²) in [7, 11) is 0. The summed E-state index contributed by atoms with van der Waals surface area (Å²) in [5.74, 6) is 0.845. The maximum Gasteiger partial charge on any atom is 0.333 e. The number of aryl methyl sites for hydroxylation is 1. The van der Waals surface area contributed by atoms with Gasteiger partial charge in [-0.15, -0.1) is 0 Å². The van der Waals surface area contributed by atoms with Crippen LogP contribution in [0.5, 0.6) is 0 Å². The first-order valence-corrected chi connectivity index (χ1v) is 6.79. The third-order valence-electron chi connectivity index (χ3n) is 3.53. The number of nitrogen functional groups attached to an aromatic ring is 1. The highest BCUT2D eigenvalue weighted by Gasteiger charge is 2.18. The monoisotopic (exact) mass is 294 g/mol. The Morgan fingerprint density at radius 2 is 1.86 bits per heavy atom. The van der Waals surface area contributed by atoms with Crippen molar-refractivity contribution < 1.29 is 8.78 Å². The second-order valence-corrected chi connectivity index (χ2v) is 5.06. The highest BCUT2D eigenvalue weighted by atomic mass is 19.3. The molecule has 2 aromatic rings. The van der Waals surface area contributed by atoms with E-state index in [1.165, 1.54) is 0 Å². The van der Waals surface area contributed by atoms with E-state index in [9.17, 15) is 8.78 Å². The Morgan fingerprint density at radius 1 is 1.14 bits per heavy atom. The van der Waals surface area contributed by atoms with E-state index in [0.29, 0.717) is 21.8 Å². The summed E-state index contributed by atoms with van der Waals surface area (Å²) < 4.78 is 26.3. The Bertz CT molecular complexity index is 648. The Balaban J connectivity index is 1.99. The molecule has 0 saturated carbocycles. The number of rotatable bonds is 3. The predicted octanol–water partition coefficient (Wildman–Crippen LogP) is 2.23. The fourth-order valence-corrected chi connectivity index (χ4v) is 2.50. The smallest absolute Gasteiger partial charge is 0.333 e. The molecule has 2 N–H and O–H groups in total. The number of hydrogen-bond acceptors (Lipinski definition) is 5. The molecule has 21 heavy (non-hydrogen) atoms. The molecule has 8 heteroatoms. The first-order valence-electron chi connectivity index (χ1n) is 6.79. The molecule has 0 atom stereocenters.